The number of thioether (sulfide) groups is 1. The van der Waals surface area contributed by atoms with Crippen LogP contribution in [0.4, 0.5) is 0 Å². The van der Waals surface area contributed by atoms with E-state index in [0.717, 1.165) is 36.6 Å². The maximum Gasteiger partial charge on any atom is 0.247 e. The van der Waals surface area contributed by atoms with Crippen molar-refractivity contribution in [2.45, 2.75) is 32.1 Å². The number of benzene rings is 1. The Bertz CT molecular complexity index is 629. The van der Waals surface area contributed by atoms with Gasteiger partial charge in [-0.2, -0.15) is 0 Å². The molecule has 0 fully saturated rings. The average Bonchev–Trinajstić information content (AvgIpc) is 3.07. The van der Waals surface area contributed by atoms with Gasteiger partial charge in [0, 0.05) is 17.9 Å². The first-order chi connectivity index (χ1) is 12.5. The molecule has 0 aliphatic carbocycles. The van der Waals surface area contributed by atoms with Crippen LogP contribution >= 0.6 is 11.8 Å². The first kappa shape index (κ1) is 20.7. The molecule has 0 amide bonds. The summed E-state index contributed by atoms with van der Waals surface area (Å²) in [6.45, 7) is 6.54. The largest absolute Gasteiger partial charge is 0.494 e. The van der Waals surface area contributed by atoms with Gasteiger partial charge in [0.25, 0.3) is 0 Å². The Morgan fingerprint density at radius 1 is 1.12 bits per heavy atom. The van der Waals surface area contributed by atoms with E-state index < -0.39 is 0 Å². The van der Waals surface area contributed by atoms with Gasteiger partial charge < -0.3 is 18.8 Å². The minimum Gasteiger partial charge on any atom is -0.494 e. The van der Waals surface area contributed by atoms with Crippen molar-refractivity contribution in [1.82, 2.24) is 15.1 Å². The van der Waals surface area contributed by atoms with Gasteiger partial charge in [0.05, 0.1) is 25.1 Å². The molecule has 0 atom stereocenters. The monoisotopic (exact) mass is 379 g/mol. The molecular formula is C19H29N3O3S. The molecule has 0 radical (unpaired) electrons. The van der Waals surface area contributed by atoms with Gasteiger partial charge in [-0.15, -0.1) is 22.0 Å². The molecule has 0 bridgehead atoms. The van der Waals surface area contributed by atoms with Gasteiger partial charge in [-0.1, -0.05) is 0 Å². The predicted octanol–water partition coefficient (Wildman–Crippen LogP) is 3.73. The number of aromatic nitrogens is 2. The summed E-state index contributed by atoms with van der Waals surface area (Å²) in [5.41, 5.74) is 0.900. The van der Waals surface area contributed by atoms with Crippen LogP contribution in [0.2, 0.25) is 0 Å². The van der Waals surface area contributed by atoms with Crippen molar-refractivity contribution in [2.75, 3.05) is 39.6 Å². The third-order valence-corrected chi connectivity index (χ3v) is 4.40. The molecule has 2 rings (SSSR count). The fourth-order valence-corrected chi connectivity index (χ4v) is 2.85. The Hall–Kier alpha value is -1.57. The summed E-state index contributed by atoms with van der Waals surface area (Å²) in [4.78, 5) is 2.15. The first-order valence-electron chi connectivity index (χ1n) is 8.94. The third-order valence-electron chi connectivity index (χ3n) is 3.49. The summed E-state index contributed by atoms with van der Waals surface area (Å²) in [7, 11) is 4.12. The molecule has 2 aromatic rings. The van der Waals surface area contributed by atoms with E-state index >= 15 is 0 Å². The highest BCUT2D eigenvalue weighted by Crippen LogP contribution is 2.22. The van der Waals surface area contributed by atoms with Crippen LogP contribution < -0.4 is 4.74 Å². The molecule has 144 valence electrons. The number of ether oxygens (including phenoxy) is 2. The van der Waals surface area contributed by atoms with Crippen molar-refractivity contribution in [3.05, 3.63) is 30.2 Å². The van der Waals surface area contributed by atoms with E-state index in [1.165, 1.54) is 0 Å². The van der Waals surface area contributed by atoms with Crippen LogP contribution in [-0.4, -0.2) is 60.8 Å². The van der Waals surface area contributed by atoms with E-state index in [0.29, 0.717) is 24.1 Å². The molecule has 0 aliphatic rings. The zero-order valence-electron chi connectivity index (χ0n) is 16.1. The minimum absolute atomic E-state index is 0.269. The molecule has 26 heavy (non-hydrogen) atoms. The number of hydrogen-bond donors (Lipinski definition) is 0. The lowest BCUT2D eigenvalue weighted by atomic mass is 10.2. The molecule has 6 nitrogen and oxygen atoms in total. The molecular weight excluding hydrogens is 350 g/mol. The minimum atomic E-state index is 0.269. The molecule has 1 aromatic carbocycles. The Morgan fingerprint density at radius 3 is 2.58 bits per heavy atom. The molecule has 0 aliphatic heterocycles. The second kappa shape index (κ2) is 11.2. The highest BCUT2D eigenvalue weighted by molar-refractivity contribution is 7.98. The van der Waals surface area contributed by atoms with E-state index in [1.807, 2.05) is 38.1 Å². The molecule has 0 spiro atoms. The molecule has 0 saturated heterocycles. The van der Waals surface area contributed by atoms with Gasteiger partial charge in [0.2, 0.25) is 11.8 Å². The van der Waals surface area contributed by atoms with Crippen molar-refractivity contribution in [2.24, 2.45) is 0 Å². The van der Waals surface area contributed by atoms with Crippen molar-refractivity contribution >= 4 is 11.8 Å². The van der Waals surface area contributed by atoms with Gasteiger partial charge in [0.15, 0.2) is 0 Å². The zero-order chi connectivity index (χ0) is 18.8. The second-order valence-electron chi connectivity index (χ2n) is 6.50. The summed E-state index contributed by atoms with van der Waals surface area (Å²) in [5.74, 6) is 3.64. The van der Waals surface area contributed by atoms with Crippen LogP contribution in [0.25, 0.3) is 11.5 Å². The number of rotatable bonds is 12. The number of nitrogens with zero attached hydrogens (tertiary/aromatic N) is 3. The van der Waals surface area contributed by atoms with Gasteiger partial charge in [-0.05, 0) is 58.6 Å². The lowest BCUT2D eigenvalue weighted by Gasteiger charge is -2.10. The van der Waals surface area contributed by atoms with E-state index in [9.17, 15) is 0 Å². The molecule has 1 aromatic heterocycles. The maximum absolute atomic E-state index is 5.74. The van der Waals surface area contributed by atoms with Crippen LogP contribution in [0, 0.1) is 0 Å². The summed E-state index contributed by atoms with van der Waals surface area (Å²) < 4.78 is 17.0. The third kappa shape index (κ3) is 7.76. The van der Waals surface area contributed by atoms with E-state index in [1.54, 1.807) is 11.8 Å². The fourth-order valence-electron chi connectivity index (χ4n) is 2.20. The molecule has 7 heteroatoms. The van der Waals surface area contributed by atoms with Crippen molar-refractivity contribution < 1.29 is 13.9 Å². The average molecular weight is 380 g/mol. The van der Waals surface area contributed by atoms with Crippen molar-refractivity contribution in [3.63, 3.8) is 0 Å². The predicted molar refractivity (Wildman–Crippen MR) is 106 cm³/mol. The summed E-state index contributed by atoms with van der Waals surface area (Å²) in [6.07, 6.45) is 1.27. The molecule has 0 unspecified atom stereocenters. The summed E-state index contributed by atoms with van der Waals surface area (Å²) >= 11 is 1.73. The Morgan fingerprint density at radius 2 is 1.88 bits per heavy atom. The normalized spacial score (nSPS) is 11.5. The van der Waals surface area contributed by atoms with Crippen LogP contribution in [0.1, 0.15) is 26.2 Å². The topological polar surface area (TPSA) is 60.6 Å². The SMILES string of the molecule is CC(C)OCCSCc1nnc(-c2ccc(OCCCN(C)C)cc2)o1. The maximum atomic E-state index is 5.74. The van der Waals surface area contributed by atoms with Gasteiger partial charge in [0.1, 0.15) is 5.75 Å². The highest BCUT2D eigenvalue weighted by Gasteiger charge is 2.09. The van der Waals surface area contributed by atoms with Crippen LogP contribution in [0.15, 0.2) is 28.7 Å². The van der Waals surface area contributed by atoms with Crippen molar-refractivity contribution in [3.8, 4) is 17.2 Å². The van der Waals surface area contributed by atoms with Gasteiger partial charge in [-0.25, -0.2) is 0 Å². The van der Waals surface area contributed by atoms with Crippen LogP contribution in [0.3, 0.4) is 0 Å². The summed E-state index contributed by atoms with van der Waals surface area (Å²) in [6, 6.07) is 7.77. The lowest BCUT2D eigenvalue weighted by molar-refractivity contribution is 0.0920. The molecule has 0 saturated carbocycles. The van der Waals surface area contributed by atoms with Crippen LogP contribution in [-0.2, 0) is 10.5 Å². The van der Waals surface area contributed by atoms with Gasteiger partial charge in [-0.3, -0.25) is 0 Å². The zero-order valence-corrected chi connectivity index (χ0v) is 16.9. The Kier molecular flexibility index (Phi) is 8.94. The summed E-state index contributed by atoms with van der Waals surface area (Å²) in [5, 5.41) is 8.24. The lowest BCUT2D eigenvalue weighted by Crippen LogP contribution is -2.15. The van der Waals surface area contributed by atoms with E-state index in [-0.39, 0.29) is 6.10 Å². The molecule has 1 heterocycles. The Balaban J connectivity index is 1.75. The van der Waals surface area contributed by atoms with E-state index in [4.69, 9.17) is 13.9 Å². The highest BCUT2D eigenvalue weighted by atomic mass is 32.2. The van der Waals surface area contributed by atoms with Gasteiger partial charge >= 0.3 is 0 Å². The Labute approximate surface area is 160 Å². The van der Waals surface area contributed by atoms with Crippen molar-refractivity contribution in [1.29, 1.82) is 0 Å². The number of hydrogen-bond acceptors (Lipinski definition) is 7. The fraction of sp³-hybridized carbons (Fsp3) is 0.579. The van der Waals surface area contributed by atoms with E-state index in [2.05, 4.69) is 29.2 Å². The standard InChI is InChI=1S/C19H29N3O3S/c1-15(2)23-12-13-26-14-18-20-21-19(25-18)16-6-8-17(9-7-16)24-11-5-10-22(3)4/h6-9,15H,5,10-14H2,1-4H3. The second-order valence-corrected chi connectivity index (χ2v) is 7.61. The van der Waals surface area contributed by atoms with Crippen LogP contribution in [0.5, 0.6) is 5.75 Å². The smallest absolute Gasteiger partial charge is 0.247 e. The quantitative estimate of drug-likeness (QED) is 0.521. The first-order valence-corrected chi connectivity index (χ1v) is 10.1. The molecule has 0 N–H and O–H groups in total.